The summed E-state index contributed by atoms with van der Waals surface area (Å²) in [7, 11) is 0. The summed E-state index contributed by atoms with van der Waals surface area (Å²) in [6, 6.07) is 31.8. The monoisotopic (exact) mass is 423 g/mol. The molecule has 3 aromatic rings. The molecular weight excluding hydrogens is 390 g/mol. The van der Waals surface area contributed by atoms with E-state index in [1.807, 2.05) is 0 Å². The van der Waals surface area contributed by atoms with Crippen molar-refractivity contribution in [3.8, 4) is 0 Å². The summed E-state index contributed by atoms with van der Waals surface area (Å²) < 4.78 is 0. The van der Waals surface area contributed by atoms with Crippen LogP contribution in [-0.2, 0) is 19.6 Å². The third kappa shape index (κ3) is 8.68. The summed E-state index contributed by atoms with van der Waals surface area (Å²) in [5.41, 5.74) is 4.08. The minimum atomic E-state index is 0. The minimum Gasteiger partial charge on any atom is -0.312 e. The lowest BCUT2D eigenvalue weighted by Gasteiger charge is -2.31. The summed E-state index contributed by atoms with van der Waals surface area (Å²) in [4.78, 5) is 0. The van der Waals surface area contributed by atoms with Gasteiger partial charge in [-0.1, -0.05) is 97.9 Å². The predicted molar refractivity (Wildman–Crippen MR) is 130 cm³/mol. The Hall–Kier alpha value is -2.17. The number of rotatable bonds is 12. The molecule has 4 heteroatoms. The van der Waals surface area contributed by atoms with Crippen LogP contribution in [0.15, 0.2) is 91.0 Å². The summed E-state index contributed by atoms with van der Waals surface area (Å²) >= 11 is 0. The van der Waals surface area contributed by atoms with Gasteiger partial charge in [-0.2, -0.15) is 0 Å². The van der Waals surface area contributed by atoms with Crippen molar-refractivity contribution in [3.63, 3.8) is 0 Å². The van der Waals surface area contributed by atoms with Gasteiger partial charge in [-0.15, -0.1) is 12.4 Å². The molecule has 0 aliphatic rings. The largest absolute Gasteiger partial charge is 0.312 e. The molecule has 3 aromatic carbocycles. The highest BCUT2D eigenvalue weighted by Gasteiger charge is 2.23. The Bertz CT molecular complexity index is 699. The van der Waals surface area contributed by atoms with Crippen molar-refractivity contribution < 1.29 is 0 Å². The van der Waals surface area contributed by atoms with E-state index in [1.165, 1.54) is 16.7 Å². The molecule has 0 saturated carbocycles. The highest BCUT2D eigenvalue weighted by Crippen LogP contribution is 2.14. The van der Waals surface area contributed by atoms with Crippen molar-refractivity contribution in [3.05, 3.63) is 108 Å². The van der Waals surface area contributed by atoms with E-state index in [0.29, 0.717) is 0 Å². The van der Waals surface area contributed by atoms with Crippen molar-refractivity contribution >= 4 is 12.4 Å². The molecule has 0 aromatic heterocycles. The van der Waals surface area contributed by atoms with Gasteiger partial charge >= 0.3 is 0 Å². The molecule has 0 fully saturated rings. The second-order valence-electron chi connectivity index (χ2n) is 8.08. The van der Waals surface area contributed by atoms with E-state index in [4.69, 9.17) is 0 Å². The molecule has 0 atom stereocenters. The SMILES string of the molecule is CC(CNCc1ccccc1)(CNCc1ccccc1)CNCc1ccccc1.Cl. The Morgan fingerprint density at radius 2 is 0.767 bits per heavy atom. The van der Waals surface area contributed by atoms with E-state index in [-0.39, 0.29) is 17.8 Å². The van der Waals surface area contributed by atoms with Crippen LogP contribution >= 0.6 is 12.4 Å². The number of hydrogen-bond donors (Lipinski definition) is 3. The van der Waals surface area contributed by atoms with Gasteiger partial charge in [0.2, 0.25) is 0 Å². The maximum absolute atomic E-state index is 3.66. The standard InChI is InChI=1S/C26H33N3.ClH/c1-26(20-27-17-23-11-5-2-6-12-23,21-28-18-24-13-7-3-8-14-24)22-29-19-25-15-9-4-10-16-25;/h2-16,27-29H,17-22H2,1H3;1H. The fraction of sp³-hybridized carbons (Fsp3) is 0.308. The quantitative estimate of drug-likeness (QED) is 0.392. The van der Waals surface area contributed by atoms with Crippen LogP contribution in [-0.4, -0.2) is 19.6 Å². The van der Waals surface area contributed by atoms with Gasteiger partial charge in [0.1, 0.15) is 0 Å². The zero-order valence-electron chi connectivity index (χ0n) is 17.8. The molecule has 3 nitrogen and oxygen atoms in total. The summed E-state index contributed by atoms with van der Waals surface area (Å²) in [5, 5.41) is 11.0. The molecule has 0 aliphatic carbocycles. The normalized spacial score (nSPS) is 11.1. The Morgan fingerprint density at radius 1 is 0.500 bits per heavy atom. The van der Waals surface area contributed by atoms with Gasteiger partial charge in [0.25, 0.3) is 0 Å². The summed E-state index contributed by atoms with van der Waals surface area (Å²) in [6.07, 6.45) is 0. The van der Waals surface area contributed by atoms with Crippen LogP contribution < -0.4 is 16.0 Å². The van der Waals surface area contributed by atoms with E-state index in [2.05, 4.69) is 114 Å². The van der Waals surface area contributed by atoms with Crippen molar-refractivity contribution in [1.29, 1.82) is 0 Å². The van der Waals surface area contributed by atoms with E-state index in [1.54, 1.807) is 0 Å². The number of hydrogen-bond acceptors (Lipinski definition) is 3. The fourth-order valence-corrected chi connectivity index (χ4v) is 3.50. The van der Waals surface area contributed by atoms with Crippen LogP contribution in [0.25, 0.3) is 0 Å². The van der Waals surface area contributed by atoms with Crippen molar-refractivity contribution in [2.75, 3.05) is 19.6 Å². The Labute approximate surface area is 187 Å². The zero-order valence-corrected chi connectivity index (χ0v) is 18.6. The molecule has 0 bridgehead atoms. The van der Waals surface area contributed by atoms with Crippen LogP contribution in [0.3, 0.4) is 0 Å². The molecule has 0 radical (unpaired) electrons. The Kier molecular flexibility index (Phi) is 10.6. The zero-order chi connectivity index (χ0) is 20.2. The van der Waals surface area contributed by atoms with E-state index < -0.39 is 0 Å². The molecule has 0 aliphatic heterocycles. The number of benzene rings is 3. The van der Waals surface area contributed by atoms with Crippen molar-refractivity contribution in [2.24, 2.45) is 5.41 Å². The minimum absolute atomic E-state index is 0. The molecule has 3 rings (SSSR count). The van der Waals surface area contributed by atoms with Crippen LogP contribution in [0, 0.1) is 5.41 Å². The van der Waals surface area contributed by atoms with Gasteiger partial charge in [-0.05, 0) is 16.7 Å². The topological polar surface area (TPSA) is 36.1 Å². The molecule has 0 saturated heterocycles. The van der Waals surface area contributed by atoms with Gasteiger partial charge in [0, 0.05) is 44.7 Å². The summed E-state index contributed by atoms with van der Waals surface area (Å²) in [5.74, 6) is 0. The molecule has 0 spiro atoms. The van der Waals surface area contributed by atoms with Gasteiger partial charge in [0.05, 0.1) is 0 Å². The highest BCUT2D eigenvalue weighted by atomic mass is 35.5. The second kappa shape index (κ2) is 13.2. The first-order valence-corrected chi connectivity index (χ1v) is 10.5. The smallest absolute Gasteiger partial charge is 0.0205 e. The third-order valence-electron chi connectivity index (χ3n) is 5.17. The van der Waals surface area contributed by atoms with Crippen LogP contribution in [0.2, 0.25) is 0 Å². The predicted octanol–water partition coefficient (Wildman–Crippen LogP) is 4.78. The lowest BCUT2D eigenvalue weighted by atomic mass is 9.89. The maximum atomic E-state index is 3.66. The fourth-order valence-electron chi connectivity index (χ4n) is 3.50. The molecule has 30 heavy (non-hydrogen) atoms. The van der Waals surface area contributed by atoms with Crippen LogP contribution in [0.1, 0.15) is 23.6 Å². The third-order valence-corrected chi connectivity index (χ3v) is 5.17. The van der Waals surface area contributed by atoms with E-state index in [9.17, 15) is 0 Å². The first-order valence-electron chi connectivity index (χ1n) is 10.5. The number of halogens is 1. The second-order valence-corrected chi connectivity index (χ2v) is 8.08. The Morgan fingerprint density at radius 3 is 1.03 bits per heavy atom. The highest BCUT2D eigenvalue weighted by molar-refractivity contribution is 5.85. The molecule has 160 valence electrons. The molecular formula is C26H34ClN3. The molecule has 0 amide bonds. The van der Waals surface area contributed by atoms with Crippen molar-refractivity contribution in [2.45, 2.75) is 26.6 Å². The summed E-state index contributed by atoms with van der Waals surface area (Å²) in [6.45, 7) is 7.89. The van der Waals surface area contributed by atoms with Crippen LogP contribution in [0.4, 0.5) is 0 Å². The first-order chi connectivity index (χ1) is 14.2. The van der Waals surface area contributed by atoms with Gasteiger partial charge in [-0.25, -0.2) is 0 Å². The van der Waals surface area contributed by atoms with Gasteiger partial charge in [0.15, 0.2) is 0 Å². The first kappa shape index (κ1) is 24.1. The van der Waals surface area contributed by atoms with Gasteiger partial charge in [-0.3, -0.25) is 0 Å². The van der Waals surface area contributed by atoms with Crippen LogP contribution in [0.5, 0.6) is 0 Å². The van der Waals surface area contributed by atoms with E-state index >= 15 is 0 Å². The lowest BCUT2D eigenvalue weighted by Crippen LogP contribution is -2.46. The van der Waals surface area contributed by atoms with Crippen molar-refractivity contribution in [1.82, 2.24) is 16.0 Å². The molecule has 0 unspecified atom stereocenters. The average molecular weight is 424 g/mol. The average Bonchev–Trinajstić information content (AvgIpc) is 2.76. The maximum Gasteiger partial charge on any atom is 0.0205 e. The molecule has 3 N–H and O–H groups in total. The van der Waals surface area contributed by atoms with Gasteiger partial charge < -0.3 is 16.0 Å². The number of nitrogens with one attached hydrogen (secondary N) is 3. The lowest BCUT2D eigenvalue weighted by molar-refractivity contribution is 0.272. The molecule has 0 heterocycles. The Balaban J connectivity index is 0.00000320. The van der Waals surface area contributed by atoms with E-state index in [0.717, 1.165) is 39.3 Å².